The van der Waals surface area contributed by atoms with E-state index in [0.29, 0.717) is 16.9 Å². The number of methoxy groups -OCH3 is 1. The predicted octanol–water partition coefficient (Wildman–Crippen LogP) is 5.50. The molecular weight excluding hydrogens is 446 g/mol. The van der Waals surface area contributed by atoms with Crippen molar-refractivity contribution < 1.29 is 9.53 Å². The zero-order valence-electron chi connectivity index (χ0n) is 19.6. The van der Waals surface area contributed by atoms with Crippen molar-refractivity contribution in [1.82, 2.24) is 19.7 Å². The van der Waals surface area contributed by atoms with Crippen LogP contribution in [0.2, 0.25) is 0 Å². The average Bonchev–Trinajstić information content (AvgIpc) is 3.28. The number of benzene rings is 2. The number of thioether (sulfide) groups is 1. The van der Waals surface area contributed by atoms with Crippen LogP contribution in [0.5, 0.6) is 5.75 Å². The van der Waals surface area contributed by atoms with E-state index in [1.165, 1.54) is 11.8 Å². The van der Waals surface area contributed by atoms with Crippen molar-refractivity contribution in [3.05, 3.63) is 78.1 Å². The normalized spacial score (nSPS) is 11.0. The summed E-state index contributed by atoms with van der Waals surface area (Å²) in [6, 6.07) is 17.5. The summed E-state index contributed by atoms with van der Waals surface area (Å²) < 4.78 is 7.24. The molecule has 1 amide bonds. The zero-order chi connectivity index (χ0) is 24.1. The molecule has 0 bridgehead atoms. The van der Waals surface area contributed by atoms with Crippen LogP contribution < -0.4 is 10.1 Å². The van der Waals surface area contributed by atoms with E-state index in [1.807, 2.05) is 60.0 Å². The molecule has 2 heterocycles. The lowest BCUT2D eigenvalue weighted by Gasteiger charge is -2.16. The third-order valence-corrected chi connectivity index (χ3v) is 6.36. The highest BCUT2D eigenvalue weighted by Gasteiger charge is 2.18. The maximum absolute atomic E-state index is 12.9. The fourth-order valence-electron chi connectivity index (χ4n) is 3.66. The third-order valence-electron chi connectivity index (χ3n) is 5.43. The van der Waals surface area contributed by atoms with Crippen LogP contribution in [-0.2, 0) is 4.79 Å². The number of nitrogens with one attached hydrogen (secondary N) is 1. The molecule has 0 aliphatic rings. The molecule has 2 aromatic carbocycles. The molecule has 7 nitrogen and oxygen atoms in total. The Morgan fingerprint density at radius 3 is 2.47 bits per heavy atom. The summed E-state index contributed by atoms with van der Waals surface area (Å²) in [5.41, 5.74) is 4.82. The van der Waals surface area contributed by atoms with E-state index in [4.69, 9.17) is 4.74 Å². The number of rotatable bonds is 8. The first-order valence-corrected chi connectivity index (χ1v) is 12.0. The molecule has 4 aromatic rings. The smallest absolute Gasteiger partial charge is 0.234 e. The minimum atomic E-state index is -0.0871. The van der Waals surface area contributed by atoms with Gasteiger partial charge in [0.05, 0.1) is 12.9 Å². The molecular formula is C26H27N5O2S. The van der Waals surface area contributed by atoms with E-state index in [9.17, 15) is 4.79 Å². The Morgan fingerprint density at radius 2 is 1.79 bits per heavy atom. The van der Waals surface area contributed by atoms with Crippen LogP contribution in [-0.4, -0.2) is 38.5 Å². The van der Waals surface area contributed by atoms with E-state index < -0.39 is 0 Å². The minimum absolute atomic E-state index is 0.0871. The lowest BCUT2D eigenvalue weighted by atomic mass is 9.98. The summed E-state index contributed by atoms with van der Waals surface area (Å²) in [5, 5.41) is 12.5. The predicted molar refractivity (Wildman–Crippen MR) is 136 cm³/mol. The number of ether oxygens (including phenoxy) is 1. The fourth-order valence-corrected chi connectivity index (χ4v) is 4.42. The molecule has 0 aliphatic heterocycles. The molecule has 1 N–H and O–H groups in total. The number of carbonyl (C=O) groups excluding carboxylic acids is 1. The molecule has 2 aromatic heterocycles. The Bertz CT molecular complexity index is 1270. The van der Waals surface area contributed by atoms with E-state index in [1.54, 1.807) is 19.5 Å². The Kier molecular flexibility index (Phi) is 7.27. The van der Waals surface area contributed by atoms with Gasteiger partial charge in [0, 0.05) is 29.3 Å². The monoisotopic (exact) mass is 473 g/mol. The standard InChI is InChI=1S/C26H27N5O2S/c1-17(2)22-7-5-6-18(3)24(22)28-23(32)16-34-26-30-29-25(19-12-14-27-15-13-19)31(26)20-8-10-21(33-4)11-9-20/h5-15,17H,16H2,1-4H3,(H,28,32). The SMILES string of the molecule is COc1ccc(-n2c(SCC(=O)Nc3c(C)cccc3C(C)C)nnc2-c2ccncc2)cc1. The lowest BCUT2D eigenvalue weighted by Crippen LogP contribution is -2.17. The minimum Gasteiger partial charge on any atom is -0.497 e. The van der Waals surface area contributed by atoms with Crippen LogP contribution >= 0.6 is 11.8 Å². The van der Waals surface area contributed by atoms with Gasteiger partial charge in [-0.1, -0.05) is 43.8 Å². The second-order valence-electron chi connectivity index (χ2n) is 8.11. The Balaban J connectivity index is 1.60. The van der Waals surface area contributed by atoms with Gasteiger partial charge in [-0.2, -0.15) is 0 Å². The van der Waals surface area contributed by atoms with Gasteiger partial charge in [0.15, 0.2) is 11.0 Å². The topological polar surface area (TPSA) is 81.9 Å². The Labute approximate surface area is 203 Å². The van der Waals surface area contributed by atoms with Crippen molar-refractivity contribution in [2.45, 2.75) is 31.8 Å². The number of amides is 1. The lowest BCUT2D eigenvalue weighted by molar-refractivity contribution is -0.113. The van der Waals surface area contributed by atoms with Gasteiger partial charge in [-0.25, -0.2) is 0 Å². The number of carbonyl (C=O) groups is 1. The molecule has 8 heteroatoms. The summed E-state index contributed by atoms with van der Waals surface area (Å²) >= 11 is 1.35. The van der Waals surface area contributed by atoms with Crippen molar-refractivity contribution in [3.63, 3.8) is 0 Å². The highest BCUT2D eigenvalue weighted by molar-refractivity contribution is 7.99. The van der Waals surface area contributed by atoms with Gasteiger partial charge >= 0.3 is 0 Å². The summed E-state index contributed by atoms with van der Waals surface area (Å²) in [7, 11) is 1.63. The van der Waals surface area contributed by atoms with E-state index in [2.05, 4.69) is 40.4 Å². The third kappa shape index (κ3) is 5.12. The summed E-state index contributed by atoms with van der Waals surface area (Å²) in [5.74, 6) is 1.86. The van der Waals surface area contributed by atoms with Gasteiger partial charge in [0.25, 0.3) is 0 Å². The van der Waals surface area contributed by atoms with Crippen LogP contribution in [0, 0.1) is 6.92 Å². The number of hydrogen-bond donors (Lipinski definition) is 1. The first-order valence-electron chi connectivity index (χ1n) is 11.0. The number of nitrogens with zero attached hydrogens (tertiary/aromatic N) is 4. The van der Waals surface area contributed by atoms with Gasteiger partial charge in [-0.15, -0.1) is 10.2 Å². The molecule has 0 fully saturated rings. The number of hydrogen-bond acceptors (Lipinski definition) is 6. The average molecular weight is 474 g/mol. The van der Waals surface area contributed by atoms with Crippen LogP contribution in [0.4, 0.5) is 5.69 Å². The van der Waals surface area contributed by atoms with Gasteiger partial charge in [0.1, 0.15) is 5.75 Å². The molecule has 0 unspecified atom stereocenters. The van der Waals surface area contributed by atoms with Gasteiger partial charge in [0.2, 0.25) is 5.91 Å². The molecule has 0 spiro atoms. The summed E-state index contributed by atoms with van der Waals surface area (Å²) in [6.45, 7) is 6.25. The molecule has 174 valence electrons. The highest BCUT2D eigenvalue weighted by Crippen LogP contribution is 2.30. The summed E-state index contributed by atoms with van der Waals surface area (Å²) in [6.07, 6.45) is 3.44. The van der Waals surface area contributed by atoms with Crippen molar-refractivity contribution in [3.8, 4) is 22.8 Å². The molecule has 4 rings (SSSR count). The first-order chi connectivity index (χ1) is 16.5. The maximum atomic E-state index is 12.9. The Hall–Kier alpha value is -3.65. The zero-order valence-corrected chi connectivity index (χ0v) is 20.5. The number of para-hydroxylation sites is 1. The molecule has 0 radical (unpaired) electrons. The van der Waals surface area contributed by atoms with Crippen LogP contribution in [0.25, 0.3) is 17.1 Å². The highest BCUT2D eigenvalue weighted by atomic mass is 32.2. The van der Waals surface area contributed by atoms with Crippen molar-refractivity contribution in [1.29, 1.82) is 0 Å². The largest absolute Gasteiger partial charge is 0.497 e. The summed E-state index contributed by atoms with van der Waals surface area (Å²) in [4.78, 5) is 17.0. The van der Waals surface area contributed by atoms with Crippen molar-refractivity contribution in [2.75, 3.05) is 18.2 Å². The molecule has 0 atom stereocenters. The van der Waals surface area contributed by atoms with Crippen LogP contribution in [0.3, 0.4) is 0 Å². The Morgan fingerprint density at radius 1 is 1.06 bits per heavy atom. The maximum Gasteiger partial charge on any atom is 0.234 e. The number of aromatic nitrogens is 4. The second kappa shape index (κ2) is 10.5. The van der Waals surface area contributed by atoms with E-state index in [-0.39, 0.29) is 11.7 Å². The number of aryl methyl sites for hydroxylation is 1. The molecule has 34 heavy (non-hydrogen) atoms. The molecule has 0 aliphatic carbocycles. The van der Waals surface area contributed by atoms with Gasteiger partial charge < -0.3 is 10.1 Å². The fraction of sp³-hybridized carbons (Fsp3) is 0.231. The van der Waals surface area contributed by atoms with Crippen LogP contribution in [0.15, 0.2) is 72.1 Å². The van der Waals surface area contributed by atoms with Crippen LogP contribution in [0.1, 0.15) is 30.9 Å². The molecule has 0 saturated heterocycles. The number of pyridine rings is 1. The second-order valence-corrected chi connectivity index (χ2v) is 9.05. The van der Waals surface area contributed by atoms with Crippen molar-refractivity contribution >= 4 is 23.4 Å². The first kappa shape index (κ1) is 23.5. The number of anilines is 1. The van der Waals surface area contributed by atoms with E-state index >= 15 is 0 Å². The van der Waals surface area contributed by atoms with Crippen molar-refractivity contribution in [2.24, 2.45) is 0 Å². The quantitative estimate of drug-likeness (QED) is 0.340. The van der Waals surface area contributed by atoms with Gasteiger partial charge in [-0.3, -0.25) is 14.3 Å². The molecule has 0 saturated carbocycles. The van der Waals surface area contributed by atoms with E-state index in [0.717, 1.165) is 33.8 Å². The van der Waals surface area contributed by atoms with Gasteiger partial charge in [-0.05, 0) is 60.4 Å².